The van der Waals surface area contributed by atoms with E-state index in [9.17, 15) is 4.21 Å². The van der Waals surface area contributed by atoms with Crippen molar-refractivity contribution in [2.75, 3.05) is 50.5 Å². The molecule has 5 heterocycles. The lowest BCUT2D eigenvalue weighted by atomic mass is 9.88. The summed E-state index contributed by atoms with van der Waals surface area (Å²) < 4.78 is 21.1. The van der Waals surface area contributed by atoms with Crippen molar-refractivity contribution < 1.29 is 8.95 Å². The molecule has 3 fully saturated rings. The smallest absolute Gasteiger partial charge is 0.226 e. The summed E-state index contributed by atoms with van der Waals surface area (Å²) in [5.41, 5.74) is 1.55. The maximum absolute atomic E-state index is 11.6. The fourth-order valence-electron chi connectivity index (χ4n) is 4.17. The van der Waals surface area contributed by atoms with Crippen molar-refractivity contribution in [3.8, 4) is 0 Å². The molecule has 0 spiro atoms. The van der Waals surface area contributed by atoms with Crippen LogP contribution in [0.25, 0.3) is 11.2 Å². The van der Waals surface area contributed by atoms with Crippen molar-refractivity contribution in [2.24, 2.45) is 7.05 Å². The second-order valence-corrected chi connectivity index (χ2v) is 8.92. The maximum Gasteiger partial charge on any atom is 0.226 e. The Morgan fingerprint density at radius 3 is 2.63 bits per heavy atom. The van der Waals surface area contributed by atoms with Gasteiger partial charge < -0.3 is 14.2 Å². The molecule has 9 nitrogen and oxygen atoms in total. The van der Waals surface area contributed by atoms with Crippen LogP contribution in [-0.4, -0.2) is 90.7 Å². The number of halogens is 1. The number of piperazine rings is 1. The first-order valence-corrected chi connectivity index (χ1v) is 11.0. The zero-order valence-electron chi connectivity index (χ0n) is 15.3. The number of anilines is 1. The molecule has 2 aromatic rings. The Labute approximate surface area is 164 Å². The highest BCUT2D eigenvalue weighted by Gasteiger charge is 2.53. The van der Waals surface area contributed by atoms with E-state index in [2.05, 4.69) is 24.1 Å². The number of nitrogens with zero attached hydrogens (tertiary/aromatic N) is 7. The summed E-state index contributed by atoms with van der Waals surface area (Å²) in [4.78, 5) is 18.3. The van der Waals surface area contributed by atoms with E-state index in [1.165, 1.54) is 0 Å². The Hall–Kier alpha value is -1.33. The first-order chi connectivity index (χ1) is 13.0. The summed E-state index contributed by atoms with van der Waals surface area (Å²) in [6, 6.07) is 0.894. The third-order valence-electron chi connectivity index (χ3n) is 5.82. The van der Waals surface area contributed by atoms with Gasteiger partial charge in [0.2, 0.25) is 5.28 Å². The number of ether oxygens (including phenoxy) is 1. The van der Waals surface area contributed by atoms with Crippen LogP contribution in [-0.2, 0) is 29.3 Å². The number of hydrogen-bond acceptors (Lipinski definition) is 7. The molecule has 3 aliphatic heterocycles. The Morgan fingerprint density at radius 1 is 1.19 bits per heavy atom. The highest BCUT2D eigenvalue weighted by atomic mass is 35.5. The minimum Gasteiger partial charge on any atom is -0.378 e. The summed E-state index contributed by atoms with van der Waals surface area (Å²) in [6.07, 6.45) is 1.75. The zero-order valence-corrected chi connectivity index (χ0v) is 16.9. The molecule has 0 aliphatic carbocycles. The predicted octanol–water partition coefficient (Wildman–Crippen LogP) is 0.0152. The van der Waals surface area contributed by atoms with Crippen LogP contribution in [0.15, 0.2) is 0 Å². The molecule has 2 unspecified atom stereocenters. The third kappa shape index (κ3) is 2.85. The van der Waals surface area contributed by atoms with Crippen molar-refractivity contribution in [1.29, 1.82) is 0 Å². The zero-order chi connectivity index (χ0) is 18.7. The summed E-state index contributed by atoms with van der Waals surface area (Å²) in [7, 11) is 1.10. The Balaban J connectivity index is 1.41. The van der Waals surface area contributed by atoms with Gasteiger partial charge in [-0.25, -0.2) is 13.5 Å². The van der Waals surface area contributed by atoms with Gasteiger partial charge in [0.15, 0.2) is 17.0 Å². The fourth-order valence-corrected chi connectivity index (χ4v) is 5.28. The molecule has 5 rings (SSSR count). The Bertz CT molecular complexity index is 916. The van der Waals surface area contributed by atoms with E-state index in [1.54, 1.807) is 6.26 Å². The monoisotopic (exact) mass is 411 g/mol. The van der Waals surface area contributed by atoms with Gasteiger partial charge in [-0.15, -0.1) is 0 Å². The van der Waals surface area contributed by atoms with Crippen LogP contribution in [0, 0.1) is 0 Å². The number of aryl methyl sites for hydroxylation is 1. The summed E-state index contributed by atoms with van der Waals surface area (Å²) in [6.45, 7) is 5.43. The standard InChI is InChI=1S/C16H22ClN7O2S/c1-21-12(9-23-7-11-10(23)8-24(11)27(2)25)18-13-14(21)19-16(17)20-15(13)22-3-5-26-6-4-22/h10-11H,3-9H2,1-2H3/t10?,11-,27?/m1/s1. The molecular formula is C16H22ClN7O2S. The highest BCUT2D eigenvalue weighted by Crippen LogP contribution is 2.36. The van der Waals surface area contributed by atoms with E-state index in [1.807, 2.05) is 11.6 Å². The topological polar surface area (TPSA) is 79.6 Å². The normalized spacial score (nSPS) is 27.3. The highest BCUT2D eigenvalue weighted by molar-refractivity contribution is 7.81. The quantitative estimate of drug-likeness (QED) is 0.656. The summed E-state index contributed by atoms with van der Waals surface area (Å²) in [5.74, 6) is 1.73. The molecule has 0 amide bonds. The molecule has 3 atom stereocenters. The minimum absolute atomic E-state index is 0.239. The summed E-state index contributed by atoms with van der Waals surface area (Å²) in [5, 5.41) is 0.239. The van der Waals surface area contributed by atoms with E-state index in [0.717, 1.165) is 55.5 Å². The van der Waals surface area contributed by atoms with Gasteiger partial charge in [0, 0.05) is 45.5 Å². The van der Waals surface area contributed by atoms with Crippen LogP contribution in [0.4, 0.5) is 5.82 Å². The predicted molar refractivity (Wildman–Crippen MR) is 103 cm³/mol. The second-order valence-electron chi connectivity index (χ2n) is 7.26. The molecular weight excluding hydrogens is 390 g/mol. The SMILES string of the molecule is Cn1c(CN2C[C@@H]3C2CN3S(C)=O)nc2c(N3CCOCC3)nc(Cl)nc21. The molecule has 0 saturated carbocycles. The number of likely N-dealkylation sites (tertiary alicyclic amines) is 1. The van der Waals surface area contributed by atoms with Gasteiger partial charge in [0.1, 0.15) is 5.82 Å². The number of aromatic nitrogens is 4. The molecule has 2 aromatic heterocycles. The van der Waals surface area contributed by atoms with E-state index in [-0.39, 0.29) is 5.28 Å². The Morgan fingerprint density at radius 2 is 1.96 bits per heavy atom. The third-order valence-corrected chi connectivity index (χ3v) is 7.07. The molecule has 3 saturated heterocycles. The summed E-state index contributed by atoms with van der Waals surface area (Å²) >= 11 is 6.20. The largest absolute Gasteiger partial charge is 0.378 e. The lowest BCUT2D eigenvalue weighted by molar-refractivity contribution is -0.0827. The molecule has 0 N–H and O–H groups in total. The van der Waals surface area contributed by atoms with Crippen molar-refractivity contribution >= 4 is 39.6 Å². The van der Waals surface area contributed by atoms with Gasteiger partial charge in [-0.2, -0.15) is 9.97 Å². The average molecular weight is 412 g/mol. The number of fused-ring (bicyclic) bond motifs is 2. The van der Waals surface area contributed by atoms with Crippen molar-refractivity contribution in [1.82, 2.24) is 28.7 Å². The van der Waals surface area contributed by atoms with Gasteiger partial charge in [0.25, 0.3) is 0 Å². The van der Waals surface area contributed by atoms with Gasteiger partial charge in [0.05, 0.1) is 36.8 Å². The van der Waals surface area contributed by atoms with E-state index >= 15 is 0 Å². The lowest BCUT2D eigenvalue weighted by Crippen LogP contribution is -2.78. The molecule has 0 bridgehead atoms. The van der Waals surface area contributed by atoms with Crippen molar-refractivity contribution in [2.45, 2.75) is 18.6 Å². The van der Waals surface area contributed by atoms with Crippen LogP contribution in [0.3, 0.4) is 0 Å². The minimum atomic E-state index is -0.873. The fraction of sp³-hybridized carbons (Fsp3) is 0.688. The molecule has 27 heavy (non-hydrogen) atoms. The van der Waals surface area contributed by atoms with E-state index < -0.39 is 11.0 Å². The number of hydrogen-bond donors (Lipinski definition) is 0. The van der Waals surface area contributed by atoms with E-state index in [0.29, 0.717) is 25.3 Å². The molecule has 0 aromatic carbocycles. The van der Waals surface area contributed by atoms with Crippen LogP contribution in [0.1, 0.15) is 5.82 Å². The average Bonchev–Trinajstić information content (AvgIpc) is 2.94. The molecule has 3 aliphatic rings. The Kier molecular flexibility index (Phi) is 4.36. The van der Waals surface area contributed by atoms with Crippen LogP contribution < -0.4 is 4.90 Å². The lowest BCUT2D eigenvalue weighted by Gasteiger charge is -2.60. The van der Waals surface area contributed by atoms with Gasteiger partial charge in [-0.05, 0) is 11.6 Å². The van der Waals surface area contributed by atoms with Crippen LogP contribution in [0.5, 0.6) is 0 Å². The van der Waals surface area contributed by atoms with Gasteiger partial charge in [-0.3, -0.25) is 4.90 Å². The maximum atomic E-state index is 11.6. The van der Waals surface area contributed by atoms with E-state index in [4.69, 9.17) is 21.3 Å². The van der Waals surface area contributed by atoms with Crippen LogP contribution in [0.2, 0.25) is 5.28 Å². The first-order valence-electron chi connectivity index (χ1n) is 9.08. The van der Waals surface area contributed by atoms with Gasteiger partial charge in [-0.1, -0.05) is 0 Å². The van der Waals surface area contributed by atoms with Crippen LogP contribution >= 0.6 is 11.6 Å². The number of rotatable bonds is 4. The van der Waals surface area contributed by atoms with Crippen molar-refractivity contribution in [3.63, 3.8) is 0 Å². The van der Waals surface area contributed by atoms with Gasteiger partial charge >= 0.3 is 0 Å². The number of imidazole rings is 1. The van der Waals surface area contributed by atoms with Crippen molar-refractivity contribution in [3.05, 3.63) is 11.1 Å². The molecule has 146 valence electrons. The molecule has 0 radical (unpaired) electrons. The molecule has 11 heteroatoms. The first kappa shape index (κ1) is 17.7. The second kappa shape index (κ2) is 6.63. The number of morpholine rings is 1.